The molecule has 0 spiro atoms. The van der Waals surface area contributed by atoms with Crippen molar-refractivity contribution in [2.45, 2.75) is 51.5 Å². The Kier molecular flexibility index (Phi) is 5.77. The highest BCUT2D eigenvalue weighted by molar-refractivity contribution is 5.80. The van der Waals surface area contributed by atoms with Gasteiger partial charge in [-0.3, -0.25) is 0 Å². The molecule has 1 aliphatic heterocycles. The van der Waals surface area contributed by atoms with Crippen molar-refractivity contribution in [2.24, 2.45) is 13.0 Å². The van der Waals surface area contributed by atoms with E-state index >= 15 is 0 Å². The van der Waals surface area contributed by atoms with E-state index in [4.69, 9.17) is 0 Å². The number of benzene rings is 4. The van der Waals surface area contributed by atoms with E-state index in [1.54, 1.807) is 0 Å². The Balaban J connectivity index is 1.56. The number of pyridine rings is 1. The number of rotatable bonds is 3. The smallest absolute Gasteiger partial charge is 0.218 e. The zero-order chi connectivity index (χ0) is 28.5. The van der Waals surface area contributed by atoms with Crippen molar-refractivity contribution in [3.8, 4) is 22.4 Å². The predicted molar refractivity (Wildman–Crippen MR) is 171 cm³/mol. The Bertz CT molecular complexity index is 1780. The summed E-state index contributed by atoms with van der Waals surface area (Å²) in [4.78, 5) is 2.67. The van der Waals surface area contributed by atoms with Gasteiger partial charge in [-0.15, -0.1) is 0 Å². The Hall–Kier alpha value is -4.17. The fourth-order valence-electron chi connectivity index (χ4n) is 8.32. The summed E-state index contributed by atoms with van der Waals surface area (Å²) in [5.41, 5.74) is 13.3. The van der Waals surface area contributed by atoms with Gasteiger partial charge in [-0.2, -0.15) is 0 Å². The molecule has 0 bridgehead atoms. The average molecular weight is 536 g/mol. The first-order chi connectivity index (χ1) is 19.7. The third kappa shape index (κ3) is 3.73. The Labute approximate surface area is 244 Å². The topological polar surface area (TPSA) is 7.12 Å². The van der Waals surface area contributed by atoms with Crippen LogP contribution in [0.2, 0.25) is 0 Å². The van der Waals surface area contributed by atoms with Gasteiger partial charge in [-0.25, -0.2) is 4.57 Å². The van der Waals surface area contributed by atoms with Gasteiger partial charge < -0.3 is 4.90 Å². The lowest BCUT2D eigenvalue weighted by molar-refractivity contribution is -0.660. The van der Waals surface area contributed by atoms with E-state index in [1.807, 2.05) is 0 Å². The molecule has 2 aliphatic rings. The molecular weight excluding hydrogens is 496 g/mol. The maximum Gasteiger partial charge on any atom is 0.218 e. The lowest BCUT2D eigenvalue weighted by Gasteiger charge is -2.53. The maximum atomic E-state index is 2.67. The second-order valence-corrected chi connectivity index (χ2v) is 13.1. The zero-order valence-corrected chi connectivity index (χ0v) is 25.0. The summed E-state index contributed by atoms with van der Waals surface area (Å²) >= 11 is 0. The highest BCUT2D eigenvalue weighted by Gasteiger charge is 2.60. The van der Waals surface area contributed by atoms with E-state index in [2.05, 4.69) is 167 Å². The van der Waals surface area contributed by atoms with Gasteiger partial charge in [0.1, 0.15) is 7.05 Å². The number of hydrogen-bond donors (Lipinski definition) is 0. The first-order valence-electron chi connectivity index (χ1n) is 14.8. The van der Waals surface area contributed by atoms with Crippen molar-refractivity contribution < 1.29 is 4.57 Å². The zero-order valence-electron chi connectivity index (χ0n) is 25.0. The minimum absolute atomic E-state index is 0.0289. The number of fused-ring (bicyclic) bond motifs is 4. The standard InChI is InChI=1S/C39H39N2/c1-26-15-10-11-20-30(26)35-34-32(23-24-40(35)6)39(4,5)37-36(34)41(33-22-13-12-21-31(33)38(37,2)3)29-19-14-18-28(25-29)27-16-8-7-9-17-27/h7-25,36-37H,1-6H3/q+1. The Morgan fingerprint density at radius 3 is 2.10 bits per heavy atom. The Morgan fingerprint density at radius 1 is 0.659 bits per heavy atom. The highest BCUT2D eigenvalue weighted by Crippen LogP contribution is 2.65. The summed E-state index contributed by atoms with van der Waals surface area (Å²) in [6.07, 6.45) is 2.28. The molecule has 5 aromatic rings. The molecule has 4 aromatic carbocycles. The van der Waals surface area contributed by atoms with Gasteiger partial charge >= 0.3 is 0 Å². The van der Waals surface area contributed by atoms with Crippen LogP contribution in [0.25, 0.3) is 22.4 Å². The summed E-state index contributed by atoms with van der Waals surface area (Å²) in [6, 6.07) is 40.5. The summed E-state index contributed by atoms with van der Waals surface area (Å²) in [7, 11) is 2.21. The molecule has 1 aromatic heterocycles. The van der Waals surface area contributed by atoms with Crippen LogP contribution in [0.5, 0.6) is 0 Å². The van der Waals surface area contributed by atoms with E-state index in [1.165, 1.54) is 56.0 Å². The molecule has 2 nitrogen and oxygen atoms in total. The van der Waals surface area contributed by atoms with Gasteiger partial charge in [0.25, 0.3) is 0 Å². The number of anilines is 2. The summed E-state index contributed by atoms with van der Waals surface area (Å²) in [5, 5.41) is 0. The SMILES string of the molecule is Cc1ccccc1-c1c2c(cc[n+]1C)C(C)(C)C1C2N(c2cccc(-c3ccccc3)c2)c2ccccc2C1(C)C. The van der Waals surface area contributed by atoms with Gasteiger partial charge in [0.15, 0.2) is 6.20 Å². The summed E-state index contributed by atoms with van der Waals surface area (Å²) < 4.78 is 2.35. The first-order valence-corrected chi connectivity index (χ1v) is 14.8. The molecule has 2 heteroatoms. The van der Waals surface area contributed by atoms with Crippen molar-refractivity contribution in [2.75, 3.05) is 4.90 Å². The van der Waals surface area contributed by atoms with Crippen molar-refractivity contribution in [3.63, 3.8) is 0 Å². The lowest BCUT2D eigenvalue weighted by Crippen LogP contribution is -2.49. The van der Waals surface area contributed by atoms with Crippen LogP contribution >= 0.6 is 0 Å². The van der Waals surface area contributed by atoms with E-state index in [9.17, 15) is 0 Å². The fourth-order valence-corrected chi connectivity index (χ4v) is 8.32. The largest absolute Gasteiger partial charge is 0.333 e. The predicted octanol–water partition coefficient (Wildman–Crippen LogP) is 9.23. The molecule has 0 radical (unpaired) electrons. The minimum atomic E-state index is -0.0297. The van der Waals surface area contributed by atoms with Crippen LogP contribution in [0.1, 0.15) is 56.0 Å². The molecule has 41 heavy (non-hydrogen) atoms. The molecule has 0 N–H and O–H groups in total. The molecule has 7 rings (SSSR count). The quantitative estimate of drug-likeness (QED) is 0.209. The third-order valence-electron chi connectivity index (χ3n) is 9.99. The highest BCUT2D eigenvalue weighted by atomic mass is 15.2. The summed E-state index contributed by atoms with van der Waals surface area (Å²) in [5.74, 6) is 0.366. The lowest BCUT2D eigenvalue weighted by atomic mass is 9.59. The van der Waals surface area contributed by atoms with Crippen LogP contribution in [0.4, 0.5) is 11.4 Å². The van der Waals surface area contributed by atoms with Crippen LogP contribution in [-0.2, 0) is 17.9 Å². The van der Waals surface area contributed by atoms with E-state index in [-0.39, 0.29) is 16.9 Å². The van der Waals surface area contributed by atoms with Crippen LogP contribution < -0.4 is 9.47 Å². The molecular formula is C39H39N2+. The first kappa shape index (κ1) is 25.8. The molecule has 2 atom stereocenters. The third-order valence-corrected chi connectivity index (χ3v) is 9.99. The average Bonchev–Trinajstić information content (AvgIpc) is 3.21. The molecule has 0 amide bonds. The van der Waals surface area contributed by atoms with Gasteiger partial charge in [0.2, 0.25) is 5.69 Å². The normalized spacial score (nSPS) is 19.8. The second kappa shape index (κ2) is 9.17. The monoisotopic (exact) mass is 535 g/mol. The number of nitrogens with zero attached hydrogens (tertiary/aromatic N) is 2. The van der Waals surface area contributed by atoms with Crippen molar-refractivity contribution in [1.29, 1.82) is 0 Å². The van der Waals surface area contributed by atoms with E-state index < -0.39 is 0 Å². The molecule has 2 heterocycles. The van der Waals surface area contributed by atoms with Gasteiger partial charge in [0.05, 0.1) is 11.6 Å². The number of para-hydroxylation sites is 1. The number of hydrogen-bond acceptors (Lipinski definition) is 1. The van der Waals surface area contributed by atoms with Crippen LogP contribution in [0.15, 0.2) is 115 Å². The fraction of sp³-hybridized carbons (Fsp3) is 0.256. The van der Waals surface area contributed by atoms with E-state index in [0.29, 0.717) is 5.92 Å². The van der Waals surface area contributed by atoms with Crippen molar-refractivity contribution in [3.05, 3.63) is 138 Å². The van der Waals surface area contributed by atoms with Crippen LogP contribution in [0.3, 0.4) is 0 Å². The van der Waals surface area contributed by atoms with Gasteiger partial charge in [-0.1, -0.05) is 107 Å². The second-order valence-electron chi connectivity index (χ2n) is 13.1. The molecule has 0 saturated heterocycles. The van der Waals surface area contributed by atoms with Crippen molar-refractivity contribution in [1.82, 2.24) is 0 Å². The van der Waals surface area contributed by atoms with Crippen LogP contribution in [-0.4, -0.2) is 0 Å². The number of aryl methyl sites for hydroxylation is 2. The molecule has 0 saturated carbocycles. The maximum absolute atomic E-state index is 2.67. The van der Waals surface area contributed by atoms with E-state index in [0.717, 1.165) is 0 Å². The van der Waals surface area contributed by atoms with Gasteiger partial charge in [0, 0.05) is 28.9 Å². The molecule has 2 unspecified atom stereocenters. The molecule has 0 fully saturated rings. The number of aromatic nitrogens is 1. The van der Waals surface area contributed by atoms with Crippen molar-refractivity contribution >= 4 is 11.4 Å². The van der Waals surface area contributed by atoms with Crippen LogP contribution in [0, 0.1) is 12.8 Å². The van der Waals surface area contributed by atoms with Gasteiger partial charge in [-0.05, 0) is 69.8 Å². The minimum Gasteiger partial charge on any atom is -0.333 e. The Morgan fingerprint density at radius 2 is 1.32 bits per heavy atom. The summed E-state index contributed by atoms with van der Waals surface area (Å²) in [6.45, 7) is 12.1. The molecule has 204 valence electrons. The molecule has 1 aliphatic carbocycles.